The third-order valence-corrected chi connectivity index (χ3v) is 4.75. The third kappa shape index (κ3) is 3.12. The maximum absolute atomic E-state index is 6.12. The van der Waals surface area contributed by atoms with Crippen LogP contribution in [-0.4, -0.2) is 6.54 Å². The van der Waals surface area contributed by atoms with E-state index >= 15 is 0 Å². The van der Waals surface area contributed by atoms with Gasteiger partial charge < -0.3 is 5.73 Å². The highest BCUT2D eigenvalue weighted by Gasteiger charge is 2.14. The Labute approximate surface area is 140 Å². The molecule has 2 N–H and O–H groups in total. The van der Waals surface area contributed by atoms with E-state index in [1.165, 1.54) is 16.3 Å². The fourth-order valence-electron chi connectivity index (χ4n) is 2.88. The van der Waals surface area contributed by atoms with E-state index in [0.29, 0.717) is 16.6 Å². The molecule has 1 unspecified atom stereocenters. The van der Waals surface area contributed by atoms with E-state index in [2.05, 4.69) is 42.5 Å². The van der Waals surface area contributed by atoms with E-state index in [1.54, 1.807) is 0 Å². The van der Waals surface area contributed by atoms with Gasteiger partial charge in [-0.3, -0.25) is 0 Å². The first kappa shape index (κ1) is 15.4. The van der Waals surface area contributed by atoms with Gasteiger partial charge in [-0.25, -0.2) is 0 Å². The minimum Gasteiger partial charge on any atom is -0.330 e. The first-order valence-electron chi connectivity index (χ1n) is 7.30. The lowest BCUT2D eigenvalue weighted by atomic mass is 9.88. The van der Waals surface area contributed by atoms with Crippen molar-refractivity contribution in [1.82, 2.24) is 0 Å². The summed E-state index contributed by atoms with van der Waals surface area (Å²) in [4.78, 5) is 0. The number of hydrogen-bond donors (Lipinski definition) is 1. The minimum atomic E-state index is 0.253. The van der Waals surface area contributed by atoms with Gasteiger partial charge in [0.05, 0.1) is 10.0 Å². The third-order valence-electron chi connectivity index (χ3n) is 4.01. The van der Waals surface area contributed by atoms with Gasteiger partial charge in [0.1, 0.15) is 0 Å². The molecular formula is C19H17Cl2N. The first-order valence-corrected chi connectivity index (χ1v) is 8.06. The lowest BCUT2D eigenvalue weighted by Gasteiger charge is -2.18. The van der Waals surface area contributed by atoms with E-state index < -0.39 is 0 Å². The molecule has 22 heavy (non-hydrogen) atoms. The highest BCUT2D eigenvalue weighted by atomic mass is 35.5. The summed E-state index contributed by atoms with van der Waals surface area (Å²) in [7, 11) is 0. The van der Waals surface area contributed by atoms with Gasteiger partial charge >= 0.3 is 0 Å². The Bertz CT molecular complexity index is 793. The molecule has 0 aliphatic rings. The molecule has 0 radical (unpaired) electrons. The number of fused-ring (bicyclic) bond motifs is 1. The molecule has 0 saturated heterocycles. The molecule has 0 amide bonds. The number of benzene rings is 3. The lowest BCUT2D eigenvalue weighted by molar-refractivity contribution is 0.700. The van der Waals surface area contributed by atoms with Crippen molar-refractivity contribution >= 4 is 34.0 Å². The smallest absolute Gasteiger partial charge is 0.0595 e. The van der Waals surface area contributed by atoms with Gasteiger partial charge in [0.15, 0.2) is 0 Å². The molecule has 3 rings (SSSR count). The molecule has 0 aliphatic heterocycles. The van der Waals surface area contributed by atoms with Crippen LogP contribution in [0.3, 0.4) is 0 Å². The summed E-state index contributed by atoms with van der Waals surface area (Å²) in [6.07, 6.45) is 0.849. The maximum atomic E-state index is 6.12. The van der Waals surface area contributed by atoms with E-state index in [1.807, 2.05) is 18.2 Å². The second kappa shape index (κ2) is 6.70. The summed E-state index contributed by atoms with van der Waals surface area (Å²) in [5, 5.41) is 3.68. The highest BCUT2D eigenvalue weighted by Crippen LogP contribution is 2.30. The zero-order valence-electron chi connectivity index (χ0n) is 12.1. The zero-order chi connectivity index (χ0) is 15.5. The molecule has 0 heterocycles. The van der Waals surface area contributed by atoms with Crippen molar-refractivity contribution in [2.45, 2.75) is 12.3 Å². The quantitative estimate of drug-likeness (QED) is 0.678. The standard InChI is InChI=1S/C19H17Cl2N/c20-18-9-8-13(11-19(18)21)10-15(12-22)17-7-3-5-14-4-1-2-6-16(14)17/h1-9,11,15H,10,12,22H2. The molecule has 0 bridgehead atoms. The molecule has 0 spiro atoms. The van der Waals surface area contributed by atoms with Crippen LogP contribution in [0.25, 0.3) is 10.8 Å². The van der Waals surface area contributed by atoms with Gasteiger partial charge in [0, 0.05) is 5.92 Å². The van der Waals surface area contributed by atoms with E-state index in [0.717, 1.165) is 12.0 Å². The van der Waals surface area contributed by atoms with Crippen molar-refractivity contribution in [2.24, 2.45) is 5.73 Å². The van der Waals surface area contributed by atoms with Crippen molar-refractivity contribution in [3.63, 3.8) is 0 Å². The van der Waals surface area contributed by atoms with Crippen molar-refractivity contribution < 1.29 is 0 Å². The van der Waals surface area contributed by atoms with Crippen LogP contribution < -0.4 is 5.73 Å². The number of rotatable bonds is 4. The van der Waals surface area contributed by atoms with Gasteiger partial charge in [0.25, 0.3) is 0 Å². The van der Waals surface area contributed by atoms with Gasteiger partial charge in [-0.2, -0.15) is 0 Å². The van der Waals surface area contributed by atoms with Crippen LogP contribution in [0.2, 0.25) is 10.0 Å². The Morgan fingerprint density at radius 2 is 1.64 bits per heavy atom. The van der Waals surface area contributed by atoms with Crippen LogP contribution in [0.5, 0.6) is 0 Å². The average Bonchev–Trinajstić information content (AvgIpc) is 2.55. The van der Waals surface area contributed by atoms with Crippen molar-refractivity contribution in [3.8, 4) is 0 Å². The minimum absolute atomic E-state index is 0.253. The predicted molar refractivity (Wildman–Crippen MR) is 95.9 cm³/mol. The Morgan fingerprint density at radius 3 is 2.41 bits per heavy atom. The van der Waals surface area contributed by atoms with Crippen LogP contribution in [0, 0.1) is 0 Å². The molecule has 0 fully saturated rings. The number of halogens is 2. The van der Waals surface area contributed by atoms with E-state index in [4.69, 9.17) is 28.9 Å². The molecule has 1 nitrogen and oxygen atoms in total. The van der Waals surface area contributed by atoms with Crippen molar-refractivity contribution in [1.29, 1.82) is 0 Å². The first-order chi connectivity index (χ1) is 10.7. The molecule has 0 aromatic heterocycles. The summed E-state index contributed by atoms with van der Waals surface area (Å²) in [6.45, 7) is 0.592. The van der Waals surface area contributed by atoms with Crippen LogP contribution in [0.1, 0.15) is 17.0 Å². The van der Waals surface area contributed by atoms with Crippen LogP contribution in [0.4, 0.5) is 0 Å². The molecular weight excluding hydrogens is 313 g/mol. The zero-order valence-corrected chi connectivity index (χ0v) is 13.6. The summed E-state index contributed by atoms with van der Waals surface area (Å²) < 4.78 is 0. The van der Waals surface area contributed by atoms with E-state index in [9.17, 15) is 0 Å². The second-order valence-electron chi connectivity index (χ2n) is 5.45. The molecule has 3 aromatic rings. The molecule has 112 valence electrons. The fraction of sp³-hybridized carbons (Fsp3) is 0.158. The summed E-state index contributed by atoms with van der Waals surface area (Å²) >= 11 is 12.1. The largest absolute Gasteiger partial charge is 0.330 e. The molecule has 3 heteroatoms. The van der Waals surface area contributed by atoms with E-state index in [-0.39, 0.29) is 5.92 Å². The Hall–Kier alpha value is -1.54. The molecule has 3 aromatic carbocycles. The Balaban J connectivity index is 1.97. The monoisotopic (exact) mass is 329 g/mol. The summed E-state index contributed by atoms with van der Waals surface area (Å²) in [5.74, 6) is 0.253. The fourth-order valence-corrected chi connectivity index (χ4v) is 3.20. The predicted octanol–water partition coefficient (Wildman–Crippen LogP) is 5.43. The lowest BCUT2D eigenvalue weighted by Crippen LogP contribution is -2.15. The van der Waals surface area contributed by atoms with Gasteiger partial charge in [-0.15, -0.1) is 0 Å². The van der Waals surface area contributed by atoms with Gasteiger partial charge in [-0.05, 0) is 47.0 Å². The SMILES string of the molecule is NCC(Cc1ccc(Cl)c(Cl)c1)c1cccc2ccccc12. The van der Waals surface area contributed by atoms with Crippen molar-refractivity contribution in [3.05, 3.63) is 81.8 Å². The molecule has 1 atom stereocenters. The highest BCUT2D eigenvalue weighted by molar-refractivity contribution is 6.42. The van der Waals surface area contributed by atoms with Gasteiger partial charge in [-0.1, -0.05) is 71.7 Å². The molecule has 0 saturated carbocycles. The maximum Gasteiger partial charge on any atom is 0.0595 e. The Kier molecular flexibility index (Phi) is 4.68. The summed E-state index contributed by atoms with van der Waals surface area (Å²) in [5.41, 5.74) is 8.49. The van der Waals surface area contributed by atoms with Gasteiger partial charge in [0.2, 0.25) is 0 Å². The van der Waals surface area contributed by atoms with Crippen molar-refractivity contribution in [2.75, 3.05) is 6.54 Å². The summed E-state index contributed by atoms with van der Waals surface area (Å²) in [6, 6.07) is 20.6. The molecule has 0 aliphatic carbocycles. The number of hydrogen-bond acceptors (Lipinski definition) is 1. The topological polar surface area (TPSA) is 26.0 Å². The Morgan fingerprint density at radius 1 is 0.864 bits per heavy atom. The second-order valence-corrected chi connectivity index (χ2v) is 6.27. The van der Waals surface area contributed by atoms with Crippen LogP contribution >= 0.6 is 23.2 Å². The van der Waals surface area contributed by atoms with Crippen LogP contribution in [-0.2, 0) is 6.42 Å². The normalized spacial score (nSPS) is 12.5. The van der Waals surface area contributed by atoms with Crippen LogP contribution in [0.15, 0.2) is 60.7 Å². The number of nitrogens with two attached hydrogens (primary N) is 1. The average molecular weight is 330 g/mol.